The van der Waals surface area contributed by atoms with Crippen LogP contribution < -0.4 is 4.74 Å². The molecule has 1 unspecified atom stereocenters. The highest BCUT2D eigenvalue weighted by Gasteiger charge is 2.29. The molecule has 3 nitrogen and oxygen atoms in total. The normalized spacial score (nSPS) is 13.5. The number of ether oxygens (including phenoxy) is 1. The van der Waals surface area contributed by atoms with Crippen molar-refractivity contribution in [1.82, 2.24) is 4.90 Å². The molecule has 28 heavy (non-hydrogen) atoms. The fourth-order valence-electron chi connectivity index (χ4n) is 2.72. The Kier molecular flexibility index (Phi) is 8.18. The highest BCUT2D eigenvalue weighted by atomic mass is 79.9. The van der Waals surface area contributed by atoms with Crippen molar-refractivity contribution in [2.45, 2.75) is 5.60 Å². The summed E-state index contributed by atoms with van der Waals surface area (Å²) in [6, 6.07) is 11.6. The molecule has 0 bridgehead atoms. The lowest BCUT2D eigenvalue weighted by molar-refractivity contribution is 0.134. The highest BCUT2D eigenvalue weighted by Crippen LogP contribution is 2.33. The van der Waals surface area contributed by atoms with Crippen molar-refractivity contribution in [3.05, 3.63) is 101 Å². The van der Waals surface area contributed by atoms with Gasteiger partial charge in [0.1, 0.15) is 12.2 Å². The van der Waals surface area contributed by atoms with Gasteiger partial charge in [0.25, 0.3) is 0 Å². The number of nitrogens with zero attached hydrogens (tertiary/aromatic N) is 1. The molecule has 5 heteroatoms. The summed E-state index contributed by atoms with van der Waals surface area (Å²) >= 11 is 3.37. The van der Waals surface area contributed by atoms with E-state index in [0.717, 1.165) is 17.6 Å². The molecule has 1 N–H and O–H groups in total. The zero-order valence-corrected chi connectivity index (χ0v) is 17.5. The van der Waals surface area contributed by atoms with Crippen LogP contribution in [-0.2, 0) is 5.60 Å². The Hall–Kier alpha value is -2.21. The second-order valence-corrected chi connectivity index (χ2v) is 7.33. The summed E-state index contributed by atoms with van der Waals surface area (Å²) in [6.45, 7) is 9.23. The van der Waals surface area contributed by atoms with Crippen LogP contribution in [0.3, 0.4) is 0 Å². The molecule has 0 heterocycles. The maximum Gasteiger partial charge on any atom is 0.165 e. The Balaban J connectivity index is 2.08. The van der Waals surface area contributed by atoms with Crippen molar-refractivity contribution in [2.75, 3.05) is 26.7 Å². The second-order valence-electron chi connectivity index (χ2n) is 6.41. The van der Waals surface area contributed by atoms with E-state index in [1.165, 1.54) is 18.2 Å². The van der Waals surface area contributed by atoms with Crippen molar-refractivity contribution in [2.24, 2.45) is 0 Å². The van der Waals surface area contributed by atoms with Gasteiger partial charge in [0.15, 0.2) is 11.6 Å². The Morgan fingerprint density at radius 1 is 1.11 bits per heavy atom. The van der Waals surface area contributed by atoms with Gasteiger partial charge in [-0.1, -0.05) is 65.0 Å². The van der Waals surface area contributed by atoms with Crippen molar-refractivity contribution in [1.29, 1.82) is 0 Å². The standard InChI is InChI=1S/C23H25BrFNO2/c1-4-14-26(3)15-6-7-16-28-22-13-10-19(17-21(22)25)23(27,5-2)18-8-11-20(24)12-9-18/h4-13,17,27H,1-2,14-16H2,3H3. The molecule has 2 aromatic carbocycles. The van der Waals surface area contributed by atoms with Crippen LogP contribution in [0.15, 0.2) is 84.4 Å². The first-order valence-corrected chi connectivity index (χ1v) is 9.69. The molecule has 2 aromatic rings. The van der Waals surface area contributed by atoms with Crippen LogP contribution in [0.1, 0.15) is 11.1 Å². The maximum atomic E-state index is 14.5. The van der Waals surface area contributed by atoms with Gasteiger partial charge in [-0.25, -0.2) is 4.39 Å². The van der Waals surface area contributed by atoms with Gasteiger partial charge in [-0.05, 0) is 42.4 Å². The van der Waals surface area contributed by atoms with Crippen LogP contribution in [0.5, 0.6) is 5.75 Å². The first kappa shape index (κ1) is 22.1. The quantitative estimate of drug-likeness (QED) is 0.518. The molecule has 1 atom stereocenters. The van der Waals surface area contributed by atoms with Crippen molar-refractivity contribution in [3.8, 4) is 5.75 Å². The Morgan fingerprint density at radius 2 is 1.79 bits per heavy atom. The van der Waals surface area contributed by atoms with Gasteiger partial charge in [-0.15, -0.1) is 6.58 Å². The molecular formula is C23H25BrFNO2. The summed E-state index contributed by atoms with van der Waals surface area (Å²) in [5.41, 5.74) is -0.503. The smallest absolute Gasteiger partial charge is 0.165 e. The van der Waals surface area contributed by atoms with Gasteiger partial charge < -0.3 is 9.84 Å². The summed E-state index contributed by atoms with van der Waals surface area (Å²) in [7, 11) is 1.98. The van der Waals surface area contributed by atoms with Gasteiger partial charge in [0, 0.05) is 17.6 Å². The molecule has 0 spiro atoms. The first-order chi connectivity index (χ1) is 13.4. The minimum atomic E-state index is -1.49. The van der Waals surface area contributed by atoms with Crippen LogP contribution in [0.4, 0.5) is 4.39 Å². The predicted molar refractivity (Wildman–Crippen MR) is 116 cm³/mol. The van der Waals surface area contributed by atoms with E-state index in [-0.39, 0.29) is 12.4 Å². The molecule has 0 saturated carbocycles. The molecule has 148 valence electrons. The molecular weight excluding hydrogens is 421 g/mol. The van der Waals surface area contributed by atoms with E-state index in [1.807, 2.05) is 37.4 Å². The number of benzene rings is 2. The van der Waals surface area contributed by atoms with E-state index in [9.17, 15) is 9.50 Å². The van der Waals surface area contributed by atoms with Gasteiger partial charge in [0.2, 0.25) is 0 Å². The monoisotopic (exact) mass is 445 g/mol. The van der Waals surface area contributed by atoms with E-state index >= 15 is 0 Å². The fraction of sp³-hybridized carbons (Fsp3) is 0.217. The van der Waals surface area contributed by atoms with E-state index < -0.39 is 11.4 Å². The number of rotatable bonds is 10. The third-order valence-electron chi connectivity index (χ3n) is 4.31. The van der Waals surface area contributed by atoms with Gasteiger partial charge >= 0.3 is 0 Å². The highest BCUT2D eigenvalue weighted by molar-refractivity contribution is 9.10. The van der Waals surface area contributed by atoms with Gasteiger partial charge in [-0.2, -0.15) is 0 Å². The number of hydrogen-bond donors (Lipinski definition) is 1. The van der Waals surface area contributed by atoms with E-state index in [0.29, 0.717) is 11.1 Å². The Bertz CT molecular complexity index is 835. The molecule has 2 rings (SSSR count). The van der Waals surface area contributed by atoms with E-state index in [2.05, 4.69) is 34.0 Å². The summed E-state index contributed by atoms with van der Waals surface area (Å²) in [5, 5.41) is 11.0. The zero-order valence-electron chi connectivity index (χ0n) is 15.9. The van der Waals surface area contributed by atoms with Crippen LogP contribution in [-0.4, -0.2) is 36.8 Å². The molecule has 0 amide bonds. The number of aliphatic hydroxyl groups is 1. The minimum absolute atomic E-state index is 0.134. The molecule has 0 aliphatic rings. The number of likely N-dealkylation sites (N-methyl/N-ethyl adjacent to an activating group) is 1. The van der Waals surface area contributed by atoms with Gasteiger partial charge in [-0.3, -0.25) is 4.90 Å². The maximum absolute atomic E-state index is 14.5. The van der Waals surface area contributed by atoms with Crippen molar-refractivity contribution in [3.63, 3.8) is 0 Å². The van der Waals surface area contributed by atoms with Crippen LogP contribution in [0.2, 0.25) is 0 Å². The molecule has 0 aromatic heterocycles. The third-order valence-corrected chi connectivity index (χ3v) is 4.84. The minimum Gasteiger partial charge on any atom is -0.486 e. The molecule has 0 aliphatic carbocycles. The Morgan fingerprint density at radius 3 is 2.39 bits per heavy atom. The average Bonchev–Trinajstić information content (AvgIpc) is 2.69. The average molecular weight is 446 g/mol. The van der Waals surface area contributed by atoms with Crippen molar-refractivity contribution < 1.29 is 14.2 Å². The predicted octanol–water partition coefficient (Wildman–Crippen LogP) is 5.06. The van der Waals surface area contributed by atoms with Gasteiger partial charge in [0.05, 0.1) is 0 Å². The van der Waals surface area contributed by atoms with Crippen LogP contribution >= 0.6 is 15.9 Å². The van der Waals surface area contributed by atoms with Crippen molar-refractivity contribution >= 4 is 15.9 Å². The topological polar surface area (TPSA) is 32.7 Å². The molecule has 0 fully saturated rings. The lowest BCUT2D eigenvalue weighted by Crippen LogP contribution is -2.24. The SMILES string of the molecule is C=CCN(C)CC=CCOc1ccc(C(O)(C=C)c2ccc(Br)cc2)cc1F. The summed E-state index contributed by atoms with van der Waals surface area (Å²) in [6.07, 6.45) is 7.03. The third kappa shape index (κ3) is 5.64. The lowest BCUT2D eigenvalue weighted by atomic mass is 9.86. The second kappa shape index (κ2) is 10.4. The largest absolute Gasteiger partial charge is 0.486 e. The summed E-state index contributed by atoms with van der Waals surface area (Å²) in [5.74, 6) is -0.401. The number of hydrogen-bond acceptors (Lipinski definition) is 3. The fourth-order valence-corrected chi connectivity index (χ4v) is 2.98. The first-order valence-electron chi connectivity index (χ1n) is 8.90. The summed E-state index contributed by atoms with van der Waals surface area (Å²) < 4.78 is 20.9. The lowest BCUT2D eigenvalue weighted by Gasteiger charge is -2.26. The molecule has 0 saturated heterocycles. The van der Waals surface area contributed by atoms with E-state index in [4.69, 9.17) is 4.74 Å². The van der Waals surface area contributed by atoms with E-state index in [1.54, 1.807) is 18.2 Å². The molecule has 0 aliphatic heterocycles. The Labute approximate surface area is 174 Å². The number of halogens is 2. The van der Waals surface area contributed by atoms with Crippen LogP contribution in [0, 0.1) is 5.82 Å². The zero-order chi connectivity index (χ0) is 20.6. The summed E-state index contributed by atoms with van der Waals surface area (Å²) in [4.78, 5) is 2.08. The molecule has 0 radical (unpaired) electrons. The van der Waals surface area contributed by atoms with Crippen LogP contribution in [0.25, 0.3) is 0 Å².